The molecule has 17 heavy (non-hydrogen) atoms. The van der Waals surface area contributed by atoms with E-state index in [4.69, 9.17) is 0 Å². The van der Waals surface area contributed by atoms with Crippen LogP contribution in [0.2, 0.25) is 0 Å². The first-order valence-electron chi connectivity index (χ1n) is 6.21. The molecule has 1 aromatic carbocycles. The van der Waals surface area contributed by atoms with Crippen molar-refractivity contribution in [2.24, 2.45) is 0 Å². The number of hydrogen-bond donors (Lipinski definition) is 1. The smallest absolute Gasteiger partial charge is 0.0361 e. The molecule has 0 aliphatic heterocycles. The Morgan fingerprint density at radius 3 is 2.24 bits per heavy atom. The number of hydrogen-bond acceptors (Lipinski definition) is 2. The van der Waals surface area contributed by atoms with E-state index < -0.39 is 0 Å². The van der Waals surface area contributed by atoms with Gasteiger partial charge in [0.25, 0.3) is 0 Å². The highest BCUT2D eigenvalue weighted by Crippen LogP contribution is 2.11. The van der Waals surface area contributed by atoms with Crippen molar-refractivity contribution in [3.8, 4) is 0 Å². The maximum absolute atomic E-state index is 3.47. The lowest BCUT2D eigenvalue weighted by Gasteiger charge is -2.12. The lowest BCUT2D eigenvalue weighted by molar-refractivity contribution is 0.617. The van der Waals surface area contributed by atoms with Crippen LogP contribution in [0.1, 0.15) is 31.7 Å². The van der Waals surface area contributed by atoms with Crippen LogP contribution in [0, 0.1) is 0 Å². The molecule has 0 aliphatic rings. The molecule has 1 N–H and O–H groups in total. The number of halogens is 1. The summed E-state index contributed by atoms with van der Waals surface area (Å²) in [6.45, 7) is 4.35. The normalized spacial score (nSPS) is 9.82. The number of anilines is 1. The fourth-order valence-electron chi connectivity index (χ4n) is 1.64. The molecule has 0 bridgehead atoms. The van der Waals surface area contributed by atoms with Crippen LogP contribution in [0.3, 0.4) is 0 Å². The molecule has 0 saturated carbocycles. The van der Waals surface area contributed by atoms with E-state index >= 15 is 0 Å². The van der Waals surface area contributed by atoms with E-state index in [2.05, 4.69) is 55.5 Å². The van der Waals surface area contributed by atoms with Crippen LogP contribution in [0.5, 0.6) is 0 Å². The predicted molar refractivity (Wildman–Crippen MR) is 79.2 cm³/mol. The van der Waals surface area contributed by atoms with E-state index in [1.54, 1.807) is 0 Å². The van der Waals surface area contributed by atoms with E-state index in [1.165, 1.54) is 30.5 Å². The van der Waals surface area contributed by atoms with E-state index in [0.29, 0.717) is 0 Å². The second kappa shape index (κ2) is 9.32. The van der Waals surface area contributed by atoms with Gasteiger partial charge in [-0.3, -0.25) is 0 Å². The zero-order chi connectivity index (χ0) is 11.8. The molecule has 0 fully saturated rings. The molecule has 0 unspecified atom stereocenters. The Kier molecular flexibility index (Phi) is 8.92. The minimum Gasteiger partial charge on any atom is -0.378 e. The fraction of sp³-hybridized carbons (Fsp3) is 0.571. The number of unbranched alkanes of at least 4 members (excludes halogenated alkanes) is 2. The number of rotatable bonds is 7. The highest BCUT2D eigenvalue weighted by molar-refractivity contribution is 5.85. The maximum atomic E-state index is 3.47. The first kappa shape index (κ1) is 16.3. The fourth-order valence-corrected chi connectivity index (χ4v) is 1.64. The molecular weight excluding hydrogens is 232 g/mol. The van der Waals surface area contributed by atoms with Crippen molar-refractivity contribution < 1.29 is 0 Å². The Morgan fingerprint density at radius 1 is 1.06 bits per heavy atom. The SMILES string of the molecule is CCCCCNCc1ccc(N(C)C)cc1.Cl. The van der Waals surface area contributed by atoms with Crippen molar-refractivity contribution >= 4 is 18.1 Å². The molecule has 98 valence electrons. The first-order valence-corrected chi connectivity index (χ1v) is 6.21. The second-order valence-corrected chi connectivity index (χ2v) is 4.44. The quantitative estimate of drug-likeness (QED) is 0.752. The predicted octanol–water partition coefficient (Wildman–Crippen LogP) is 3.45. The molecule has 0 spiro atoms. The summed E-state index contributed by atoms with van der Waals surface area (Å²) >= 11 is 0. The van der Waals surface area contributed by atoms with E-state index in [9.17, 15) is 0 Å². The zero-order valence-corrected chi connectivity index (χ0v) is 12.0. The molecule has 0 heterocycles. The van der Waals surface area contributed by atoms with Gasteiger partial charge in [-0.2, -0.15) is 0 Å². The van der Waals surface area contributed by atoms with Crippen LogP contribution >= 0.6 is 12.4 Å². The lowest BCUT2D eigenvalue weighted by Crippen LogP contribution is -2.14. The van der Waals surface area contributed by atoms with Gasteiger partial charge in [-0.1, -0.05) is 31.9 Å². The number of nitrogens with zero attached hydrogens (tertiary/aromatic N) is 1. The third-order valence-electron chi connectivity index (χ3n) is 2.74. The van der Waals surface area contributed by atoms with Crippen LogP contribution in [-0.2, 0) is 6.54 Å². The minimum absolute atomic E-state index is 0. The van der Waals surface area contributed by atoms with Crippen molar-refractivity contribution in [1.82, 2.24) is 5.32 Å². The average Bonchev–Trinajstić information content (AvgIpc) is 2.29. The van der Waals surface area contributed by atoms with Crippen LogP contribution in [0.25, 0.3) is 0 Å². The standard InChI is InChI=1S/C14H24N2.ClH/c1-4-5-6-11-15-12-13-7-9-14(10-8-13)16(2)3;/h7-10,15H,4-6,11-12H2,1-3H3;1H. The van der Waals surface area contributed by atoms with E-state index in [-0.39, 0.29) is 12.4 Å². The van der Waals surface area contributed by atoms with E-state index in [0.717, 1.165) is 13.1 Å². The van der Waals surface area contributed by atoms with Crippen LogP contribution < -0.4 is 10.2 Å². The average molecular weight is 257 g/mol. The Balaban J connectivity index is 0.00000256. The Labute approximate surface area is 112 Å². The molecule has 0 amide bonds. The van der Waals surface area contributed by atoms with Crippen LogP contribution in [0.15, 0.2) is 24.3 Å². The number of benzene rings is 1. The van der Waals surface area contributed by atoms with Gasteiger partial charge in [0, 0.05) is 26.3 Å². The molecule has 1 aromatic rings. The third-order valence-corrected chi connectivity index (χ3v) is 2.74. The number of nitrogens with one attached hydrogen (secondary N) is 1. The summed E-state index contributed by atoms with van der Waals surface area (Å²) in [5, 5.41) is 3.47. The van der Waals surface area contributed by atoms with Gasteiger partial charge in [-0.15, -0.1) is 12.4 Å². The topological polar surface area (TPSA) is 15.3 Å². The summed E-state index contributed by atoms with van der Waals surface area (Å²) < 4.78 is 0. The first-order chi connectivity index (χ1) is 7.74. The molecule has 3 heteroatoms. The van der Waals surface area contributed by atoms with Crippen molar-refractivity contribution in [1.29, 1.82) is 0 Å². The van der Waals surface area contributed by atoms with Gasteiger partial charge in [0.05, 0.1) is 0 Å². The van der Waals surface area contributed by atoms with Gasteiger partial charge in [0.1, 0.15) is 0 Å². The summed E-state index contributed by atoms with van der Waals surface area (Å²) in [6.07, 6.45) is 3.90. The lowest BCUT2D eigenvalue weighted by atomic mass is 10.2. The molecule has 0 saturated heterocycles. The van der Waals surface area contributed by atoms with E-state index in [1.807, 2.05) is 0 Å². The van der Waals surface area contributed by atoms with Crippen molar-refractivity contribution in [3.63, 3.8) is 0 Å². The summed E-state index contributed by atoms with van der Waals surface area (Å²) in [5.74, 6) is 0. The Bertz CT molecular complexity index is 283. The van der Waals surface area contributed by atoms with Crippen molar-refractivity contribution in [2.45, 2.75) is 32.7 Å². The summed E-state index contributed by atoms with van der Waals surface area (Å²) in [6, 6.07) is 8.73. The van der Waals surface area contributed by atoms with Gasteiger partial charge < -0.3 is 10.2 Å². The highest BCUT2D eigenvalue weighted by atomic mass is 35.5. The van der Waals surface area contributed by atoms with Crippen LogP contribution in [0.4, 0.5) is 5.69 Å². The van der Waals surface area contributed by atoms with Crippen LogP contribution in [-0.4, -0.2) is 20.6 Å². The third kappa shape index (κ3) is 6.54. The van der Waals surface area contributed by atoms with Gasteiger partial charge in [-0.05, 0) is 30.7 Å². The monoisotopic (exact) mass is 256 g/mol. The van der Waals surface area contributed by atoms with Gasteiger partial charge in [0.2, 0.25) is 0 Å². The molecule has 0 radical (unpaired) electrons. The Morgan fingerprint density at radius 2 is 1.71 bits per heavy atom. The summed E-state index contributed by atoms with van der Waals surface area (Å²) in [4.78, 5) is 2.12. The largest absolute Gasteiger partial charge is 0.378 e. The molecule has 0 aromatic heterocycles. The zero-order valence-electron chi connectivity index (χ0n) is 11.2. The molecule has 0 atom stereocenters. The summed E-state index contributed by atoms with van der Waals surface area (Å²) in [5.41, 5.74) is 2.62. The second-order valence-electron chi connectivity index (χ2n) is 4.44. The van der Waals surface area contributed by atoms with Gasteiger partial charge in [0.15, 0.2) is 0 Å². The minimum atomic E-state index is 0. The molecular formula is C14H25ClN2. The van der Waals surface area contributed by atoms with Gasteiger partial charge >= 0.3 is 0 Å². The van der Waals surface area contributed by atoms with Gasteiger partial charge in [-0.25, -0.2) is 0 Å². The highest BCUT2D eigenvalue weighted by Gasteiger charge is 1.95. The van der Waals surface area contributed by atoms with Crippen molar-refractivity contribution in [3.05, 3.63) is 29.8 Å². The van der Waals surface area contributed by atoms with Crippen molar-refractivity contribution in [2.75, 3.05) is 25.5 Å². The summed E-state index contributed by atoms with van der Waals surface area (Å²) in [7, 11) is 4.13. The maximum Gasteiger partial charge on any atom is 0.0361 e. The molecule has 1 rings (SSSR count). The Hall–Kier alpha value is -0.730. The molecule has 0 aliphatic carbocycles. The molecule has 2 nitrogen and oxygen atoms in total.